The summed E-state index contributed by atoms with van der Waals surface area (Å²) in [4.78, 5) is 137. The zero-order valence-electron chi connectivity index (χ0n) is 39.5. The lowest BCUT2D eigenvalue weighted by Crippen LogP contribution is -2.51. The minimum absolute atomic E-state index is 0.0204. The lowest BCUT2D eigenvalue weighted by atomic mass is 10.1. The van der Waals surface area contributed by atoms with Crippen molar-refractivity contribution >= 4 is 71.4 Å². The van der Waals surface area contributed by atoms with Crippen LogP contribution in [0.4, 0.5) is 24.5 Å². The van der Waals surface area contributed by atoms with Crippen LogP contribution in [0.5, 0.6) is 0 Å². The number of aliphatic carboxylic acids is 6. The van der Waals surface area contributed by atoms with Gasteiger partial charge in [0, 0.05) is 68.8 Å². The first-order chi connectivity index (χ1) is 35.1. The van der Waals surface area contributed by atoms with E-state index in [0.29, 0.717) is 16.9 Å². The first kappa shape index (κ1) is 57.7. The van der Waals surface area contributed by atoms with Crippen LogP contribution in [0.25, 0.3) is 5.69 Å². The van der Waals surface area contributed by atoms with Crippen molar-refractivity contribution in [2.75, 3.05) is 44.7 Å². The third-order valence-electron chi connectivity index (χ3n) is 11.2. The van der Waals surface area contributed by atoms with Gasteiger partial charge in [0.2, 0.25) is 0 Å². The number of carboxylic acids is 6. The molecule has 400 valence electrons. The molecule has 3 aromatic rings. The van der Waals surface area contributed by atoms with Gasteiger partial charge in [0.05, 0.1) is 24.3 Å². The van der Waals surface area contributed by atoms with E-state index in [4.69, 9.17) is 10.2 Å². The van der Waals surface area contributed by atoms with Gasteiger partial charge >= 0.3 is 53.9 Å². The number of alkyl halides is 1. The van der Waals surface area contributed by atoms with E-state index in [1.54, 1.807) is 0 Å². The van der Waals surface area contributed by atoms with Gasteiger partial charge in [-0.15, -0.1) is 5.10 Å². The number of carbonyl (C=O) groups is 11. The van der Waals surface area contributed by atoms with Crippen LogP contribution in [0.3, 0.4) is 0 Å². The van der Waals surface area contributed by atoms with Crippen LogP contribution >= 0.6 is 0 Å². The molecule has 0 saturated carbocycles. The third kappa shape index (κ3) is 18.7. The molecule has 1 aliphatic heterocycles. The fourth-order valence-corrected chi connectivity index (χ4v) is 7.24. The van der Waals surface area contributed by atoms with Gasteiger partial charge in [-0.05, 0) is 80.8 Å². The first-order valence-corrected chi connectivity index (χ1v) is 23.0. The van der Waals surface area contributed by atoms with Crippen molar-refractivity contribution in [3.05, 3.63) is 71.0 Å². The van der Waals surface area contributed by atoms with Gasteiger partial charge in [0.1, 0.15) is 24.2 Å². The van der Waals surface area contributed by atoms with Crippen molar-refractivity contribution in [1.82, 2.24) is 51.4 Å². The first-order valence-electron chi connectivity index (χ1n) is 23.0. The Labute approximate surface area is 419 Å². The summed E-state index contributed by atoms with van der Waals surface area (Å²) in [5, 5.41) is 77.5. The van der Waals surface area contributed by atoms with Gasteiger partial charge in [-0.25, -0.2) is 38.2 Å². The molecule has 4 rings (SSSR count). The molecule has 0 aliphatic carbocycles. The normalized spacial score (nSPS) is 13.7. The molecule has 1 fully saturated rings. The highest BCUT2D eigenvalue weighted by molar-refractivity contribution is 6.01. The highest BCUT2D eigenvalue weighted by Gasteiger charge is 2.29. The quantitative estimate of drug-likeness (QED) is 0.0446. The number of nitrogens with one attached hydrogen (secondary N) is 6. The molecule has 0 bridgehead atoms. The molecule has 8 amide bonds. The van der Waals surface area contributed by atoms with E-state index in [1.807, 2.05) is 5.32 Å². The van der Waals surface area contributed by atoms with Crippen LogP contribution < -0.4 is 31.9 Å². The molecule has 2 heterocycles. The van der Waals surface area contributed by atoms with Gasteiger partial charge in [0.25, 0.3) is 11.8 Å². The number of hydrogen-bond donors (Lipinski definition) is 12. The summed E-state index contributed by atoms with van der Waals surface area (Å²) >= 11 is 0. The molecule has 29 heteroatoms. The summed E-state index contributed by atoms with van der Waals surface area (Å²) in [6, 6.07) is 1.37. The number of benzene rings is 2. The summed E-state index contributed by atoms with van der Waals surface area (Å²) < 4.78 is 14.2. The zero-order valence-corrected chi connectivity index (χ0v) is 39.5. The number of aryl methyl sites for hydroxylation is 1. The summed E-state index contributed by atoms with van der Waals surface area (Å²) in [7, 11) is 0. The second-order valence-electron chi connectivity index (χ2n) is 16.7. The number of unbranched alkanes of at least 4 members (excludes halogenated alkanes) is 1. The lowest BCUT2D eigenvalue weighted by Gasteiger charge is -2.34. The van der Waals surface area contributed by atoms with E-state index in [-0.39, 0.29) is 88.1 Å². The van der Waals surface area contributed by atoms with Crippen LogP contribution in [-0.4, -0.2) is 185 Å². The monoisotopic (exact) mass is 1040 g/mol. The van der Waals surface area contributed by atoms with Gasteiger partial charge in [-0.3, -0.25) is 23.6 Å². The molecule has 4 atom stereocenters. The van der Waals surface area contributed by atoms with Gasteiger partial charge < -0.3 is 72.3 Å². The molecule has 28 nitrogen and oxygen atoms in total. The van der Waals surface area contributed by atoms with E-state index < -0.39 is 122 Å². The van der Waals surface area contributed by atoms with Crippen LogP contribution in [0.2, 0.25) is 0 Å². The maximum atomic E-state index is 14.0. The number of halogens is 1. The topological polar surface area (TPSA) is 419 Å². The number of carboxylic acid groups (broad SMARTS) is 6. The maximum absolute atomic E-state index is 14.0. The molecule has 1 aliphatic rings. The van der Waals surface area contributed by atoms with Crippen molar-refractivity contribution in [3.63, 3.8) is 0 Å². The molecule has 0 spiro atoms. The fraction of sp³-hybridized carbons (Fsp3) is 0.444. The summed E-state index contributed by atoms with van der Waals surface area (Å²) in [5.74, 6) is -9.56. The third-order valence-corrected chi connectivity index (χ3v) is 11.2. The summed E-state index contributed by atoms with van der Waals surface area (Å²) in [6.07, 6.45) is 0.0288. The minimum Gasteiger partial charge on any atom is -0.481 e. The standard InChI is InChI=1S/C45H56FN11O17/c46-14-3-4-29-24-57(54-53-29)30-22-26(37(62)47-15-2-1-5-31(39(64)65)49-43(72)50-32(40(66)67)10-12-35(58)59)21-27(23-30)38(63)55-16-18-56(19-17-55)45(74)48-28-8-6-25(7-9-28)20-34(42(70)71)52-44(73)51-33(41(68)69)11-13-36(60)61/h6-9,21-24,31-34H,1-5,10-20H2,(H,47,62)(H,48,74)(H,58,59)(H,60,61)(H,64,65)(H,66,67)(H,68,69)(H,70,71)(H2,49,50,72)(H2,51,52,73)/t31?,32-,33+,34-/m0/s1. The second kappa shape index (κ2) is 28.2. The van der Waals surface area contributed by atoms with E-state index in [9.17, 15) is 77.6 Å². The lowest BCUT2D eigenvalue weighted by molar-refractivity contribution is -0.142. The Morgan fingerprint density at radius 3 is 1.65 bits per heavy atom. The Hall–Kier alpha value is -8.92. The van der Waals surface area contributed by atoms with E-state index in [0.717, 1.165) is 0 Å². The number of anilines is 1. The number of hydrogen-bond acceptors (Lipinski definition) is 13. The average molecular weight is 1040 g/mol. The number of carbonyl (C=O) groups excluding carboxylic acids is 5. The molecule has 0 radical (unpaired) electrons. The van der Waals surface area contributed by atoms with Crippen molar-refractivity contribution in [1.29, 1.82) is 0 Å². The molecule has 2 aromatic carbocycles. The minimum atomic E-state index is -1.58. The largest absolute Gasteiger partial charge is 0.481 e. The van der Waals surface area contributed by atoms with Crippen molar-refractivity contribution in [3.8, 4) is 5.69 Å². The molecule has 1 saturated heterocycles. The predicted octanol–water partition coefficient (Wildman–Crippen LogP) is 0.743. The fourth-order valence-electron chi connectivity index (χ4n) is 7.24. The van der Waals surface area contributed by atoms with E-state index in [1.165, 1.54) is 63.1 Å². The number of piperazine rings is 1. The Morgan fingerprint density at radius 2 is 1.12 bits per heavy atom. The Bertz CT molecular complexity index is 2540. The molecule has 12 N–H and O–H groups in total. The number of urea groups is 3. The number of rotatable bonds is 28. The van der Waals surface area contributed by atoms with Gasteiger partial charge in [-0.2, -0.15) is 0 Å². The number of nitrogens with zero attached hydrogens (tertiary/aromatic N) is 5. The number of aromatic nitrogens is 3. The molecule has 1 aromatic heterocycles. The zero-order chi connectivity index (χ0) is 54.5. The molecular weight excluding hydrogens is 986 g/mol. The molecular formula is C45H56FN11O17. The smallest absolute Gasteiger partial charge is 0.326 e. The summed E-state index contributed by atoms with van der Waals surface area (Å²) in [6.45, 7) is -0.221. The highest BCUT2D eigenvalue weighted by Crippen LogP contribution is 2.19. The Morgan fingerprint density at radius 1 is 0.608 bits per heavy atom. The summed E-state index contributed by atoms with van der Waals surface area (Å²) in [5.41, 5.74) is 1.58. The SMILES string of the molecule is O=C(O)CC[C@H](NC(=O)NC(CCCCNC(=O)c1cc(C(=O)N2CCN(C(=O)Nc3ccc(C[C@H](NC(=O)N[C@H](CCC(=O)O)C(=O)O)C(=O)O)cc3)CC2)cc(-n2cc(CCCF)nn2)c1)C(=O)O)C(=O)O. The van der Waals surface area contributed by atoms with Crippen LogP contribution in [0.15, 0.2) is 48.7 Å². The van der Waals surface area contributed by atoms with Crippen LogP contribution in [-0.2, 0) is 41.6 Å². The van der Waals surface area contributed by atoms with Crippen molar-refractivity contribution < 1.29 is 87.8 Å². The van der Waals surface area contributed by atoms with E-state index >= 15 is 0 Å². The van der Waals surface area contributed by atoms with E-state index in [2.05, 4.69) is 36.9 Å². The number of amides is 8. The maximum Gasteiger partial charge on any atom is 0.326 e. The predicted molar refractivity (Wildman–Crippen MR) is 251 cm³/mol. The van der Waals surface area contributed by atoms with Crippen LogP contribution in [0.1, 0.15) is 83.3 Å². The highest BCUT2D eigenvalue weighted by atomic mass is 19.1. The van der Waals surface area contributed by atoms with Crippen molar-refractivity contribution in [2.24, 2.45) is 0 Å². The second-order valence-corrected chi connectivity index (χ2v) is 16.7. The van der Waals surface area contributed by atoms with Gasteiger partial charge in [-0.1, -0.05) is 17.3 Å². The van der Waals surface area contributed by atoms with Crippen LogP contribution in [0, 0.1) is 0 Å². The molecule has 74 heavy (non-hydrogen) atoms. The Balaban J connectivity index is 1.34. The average Bonchev–Trinajstić information content (AvgIpc) is 3.84. The van der Waals surface area contributed by atoms with Gasteiger partial charge in [0.15, 0.2) is 0 Å². The molecule has 1 unspecified atom stereocenters. The Kier molecular flexibility index (Phi) is 22.0. The van der Waals surface area contributed by atoms with Crippen molar-refractivity contribution in [2.45, 2.75) is 88.4 Å².